The Morgan fingerprint density at radius 1 is 1.62 bits per heavy atom. The molecule has 1 aliphatic heterocycles. The van der Waals surface area contributed by atoms with Crippen LogP contribution in [0.2, 0.25) is 0 Å². The van der Waals surface area contributed by atoms with E-state index < -0.39 is 26.1 Å². The van der Waals surface area contributed by atoms with Crippen molar-refractivity contribution in [3.05, 3.63) is 0 Å². The molecule has 1 fully saturated rings. The van der Waals surface area contributed by atoms with Gasteiger partial charge in [-0.15, -0.1) is 0 Å². The molecule has 0 saturated carbocycles. The Morgan fingerprint density at radius 2 is 2.25 bits per heavy atom. The topological polar surface area (TPSA) is 29.5 Å². The van der Waals surface area contributed by atoms with Crippen molar-refractivity contribution in [3.8, 4) is 0 Å². The van der Waals surface area contributed by atoms with Gasteiger partial charge in [0, 0.05) is 13.0 Å². The molecular weight excluding hydrogens is 106 g/mol. The van der Waals surface area contributed by atoms with E-state index in [1.807, 2.05) is 0 Å². The van der Waals surface area contributed by atoms with Crippen molar-refractivity contribution in [2.24, 2.45) is 0 Å². The maximum Gasteiger partial charge on any atom is 0.209 e. The minimum Gasteiger partial charge on any atom is -0.378 e. The van der Waals surface area contributed by atoms with Gasteiger partial charge in [-0.3, -0.25) is 4.79 Å². The Morgan fingerprint density at radius 3 is 2.75 bits per heavy atom. The predicted molar refractivity (Wildman–Crippen MR) is 28.5 cm³/mol. The van der Waals surface area contributed by atoms with Gasteiger partial charge in [0.1, 0.15) is 0 Å². The summed E-state index contributed by atoms with van der Waals surface area (Å²) in [5, 5.41) is 0. The number of nitrogens with zero attached hydrogens (tertiary/aromatic N) is 1. The summed E-state index contributed by atoms with van der Waals surface area (Å²) in [6, 6.07) is 0. The van der Waals surface area contributed by atoms with Crippen molar-refractivity contribution in [1.82, 2.24) is 4.90 Å². The van der Waals surface area contributed by atoms with E-state index in [0.29, 0.717) is 0 Å². The van der Waals surface area contributed by atoms with E-state index >= 15 is 0 Å². The van der Waals surface area contributed by atoms with Crippen LogP contribution in [0.15, 0.2) is 0 Å². The number of hydrogen-bond acceptors (Lipinski definition) is 2. The number of carbonyl (C=O) groups is 1. The van der Waals surface area contributed by atoms with Gasteiger partial charge in [0.25, 0.3) is 0 Å². The summed E-state index contributed by atoms with van der Waals surface area (Å²) in [5.74, 6) is 0. The van der Waals surface area contributed by atoms with Gasteiger partial charge in [-0.2, -0.15) is 0 Å². The molecule has 0 aromatic rings. The molecule has 0 aliphatic carbocycles. The molecule has 1 amide bonds. The van der Waals surface area contributed by atoms with Gasteiger partial charge in [-0.05, 0) is 0 Å². The first-order chi connectivity index (χ1) is 6.90. The predicted octanol–water partition coefficient (Wildman–Crippen LogP) is -0.525. The van der Waals surface area contributed by atoms with E-state index in [9.17, 15) is 4.79 Å². The molecule has 3 heteroatoms. The average molecular weight is 123 g/mol. The van der Waals surface area contributed by atoms with Crippen LogP contribution in [0.3, 0.4) is 0 Å². The lowest BCUT2D eigenvalue weighted by atomic mass is 10.5. The Kier molecular flexibility index (Phi) is 0.430. The quantitative estimate of drug-likeness (QED) is 0.439. The molecule has 0 aromatic heterocycles. The molecule has 8 heavy (non-hydrogen) atoms. The lowest BCUT2D eigenvalue weighted by molar-refractivity contribution is -0.121. The third kappa shape index (κ3) is 1.20. The fourth-order valence-electron chi connectivity index (χ4n) is 0.250. The van der Waals surface area contributed by atoms with E-state index in [-0.39, 0.29) is 11.3 Å². The number of carbonyl (C=O) groups excluding carboxylic acids is 1. The summed E-state index contributed by atoms with van der Waals surface area (Å²) in [6.45, 7) is -12.5. The maximum atomic E-state index is 10.6. The number of rotatable bonds is 1. The van der Waals surface area contributed by atoms with Crippen molar-refractivity contribution >= 4 is 6.41 Å². The van der Waals surface area contributed by atoms with Crippen LogP contribution in [0, 0.1) is 0 Å². The number of amides is 1. The standard InChI is InChI=1S/C5H9NO2/c7-5-6-1-3-8-4-2-6/h5H,1-4H2/i1D2,2D2,3D2,4D2. The van der Waals surface area contributed by atoms with Crippen molar-refractivity contribution in [3.63, 3.8) is 0 Å². The molecule has 0 N–H and O–H groups in total. The lowest BCUT2D eigenvalue weighted by Crippen LogP contribution is -2.34. The Hall–Kier alpha value is -0.570. The molecule has 1 saturated heterocycles. The van der Waals surface area contributed by atoms with Crippen LogP contribution in [-0.4, -0.2) is 37.4 Å². The second-order valence-electron chi connectivity index (χ2n) is 1.01. The summed E-state index contributed by atoms with van der Waals surface area (Å²) in [7, 11) is 0. The Balaban J connectivity index is 3.35. The highest BCUT2D eigenvalue weighted by atomic mass is 16.5. The molecule has 0 atom stereocenters. The van der Waals surface area contributed by atoms with E-state index in [4.69, 9.17) is 11.0 Å². The number of morpholine rings is 1. The van der Waals surface area contributed by atoms with Gasteiger partial charge in [-0.25, -0.2) is 0 Å². The first-order valence-corrected chi connectivity index (χ1v) is 1.85. The molecular formula is C5H9NO2. The number of hydrogen-bond donors (Lipinski definition) is 0. The van der Waals surface area contributed by atoms with E-state index in [2.05, 4.69) is 4.74 Å². The summed E-state index contributed by atoms with van der Waals surface area (Å²) in [4.78, 5) is 10.4. The molecule has 0 unspecified atom stereocenters. The highest BCUT2D eigenvalue weighted by Crippen LogP contribution is 1.90. The zero-order valence-electron chi connectivity index (χ0n) is 11.8. The van der Waals surface area contributed by atoms with Crippen LogP contribution in [-0.2, 0) is 9.53 Å². The largest absolute Gasteiger partial charge is 0.378 e. The Bertz CT molecular complexity index is 290. The van der Waals surface area contributed by atoms with Crippen molar-refractivity contribution in [1.29, 1.82) is 0 Å². The fraction of sp³-hybridized carbons (Fsp3) is 0.800. The molecule has 3 nitrogen and oxygen atoms in total. The van der Waals surface area contributed by atoms with Crippen molar-refractivity contribution in [2.45, 2.75) is 0 Å². The molecule has 0 bridgehead atoms. The van der Waals surface area contributed by atoms with Crippen molar-refractivity contribution in [2.75, 3.05) is 26.1 Å². The van der Waals surface area contributed by atoms with Crippen LogP contribution in [0.5, 0.6) is 0 Å². The Labute approximate surface area is 59.5 Å². The zero-order valence-corrected chi connectivity index (χ0v) is 3.84. The summed E-state index contributed by atoms with van der Waals surface area (Å²) >= 11 is 0. The zero-order chi connectivity index (χ0) is 13.0. The molecule has 1 heterocycles. The van der Waals surface area contributed by atoms with Crippen LogP contribution in [0.4, 0.5) is 0 Å². The summed E-state index contributed by atoms with van der Waals surface area (Å²) < 4.78 is 61.9. The van der Waals surface area contributed by atoms with Crippen LogP contribution >= 0.6 is 0 Å². The van der Waals surface area contributed by atoms with Crippen LogP contribution < -0.4 is 0 Å². The maximum absolute atomic E-state index is 10.6. The van der Waals surface area contributed by atoms with Gasteiger partial charge < -0.3 is 9.64 Å². The third-order valence-electron chi connectivity index (χ3n) is 0.540. The molecule has 0 spiro atoms. The minimum absolute atomic E-state index is 0.191. The fourth-order valence-corrected chi connectivity index (χ4v) is 0.250. The van der Waals surface area contributed by atoms with E-state index in [0.717, 1.165) is 0 Å². The smallest absolute Gasteiger partial charge is 0.209 e. The van der Waals surface area contributed by atoms with E-state index in [1.165, 1.54) is 0 Å². The minimum atomic E-state index is -3.15. The van der Waals surface area contributed by atoms with Gasteiger partial charge >= 0.3 is 0 Å². The first-order valence-electron chi connectivity index (χ1n) is 5.85. The molecule has 1 aliphatic rings. The highest BCUT2D eigenvalue weighted by molar-refractivity contribution is 5.46. The third-order valence-corrected chi connectivity index (χ3v) is 0.540. The normalized spacial score (nSPS) is 60.8. The highest BCUT2D eigenvalue weighted by Gasteiger charge is 2.05. The van der Waals surface area contributed by atoms with Crippen LogP contribution in [0.1, 0.15) is 11.0 Å². The SMILES string of the molecule is [2H]C1([2H])OC([2H])([2H])C([2H])([2H])N(C=O)C1([2H])[2H]. The monoisotopic (exact) mass is 123 g/mol. The van der Waals surface area contributed by atoms with Crippen LogP contribution in [0.25, 0.3) is 0 Å². The second kappa shape index (κ2) is 2.67. The van der Waals surface area contributed by atoms with E-state index in [1.54, 1.807) is 0 Å². The summed E-state index contributed by atoms with van der Waals surface area (Å²) in [6.07, 6.45) is -0.280. The van der Waals surface area contributed by atoms with Gasteiger partial charge in [0.2, 0.25) is 6.41 Å². The number of ether oxygens (including phenoxy) is 1. The first kappa shape index (κ1) is 1.29. The second-order valence-corrected chi connectivity index (χ2v) is 1.01. The van der Waals surface area contributed by atoms with Gasteiger partial charge in [-0.1, -0.05) is 0 Å². The molecule has 0 radical (unpaired) electrons. The van der Waals surface area contributed by atoms with Crippen molar-refractivity contribution < 1.29 is 20.5 Å². The molecule has 0 aromatic carbocycles. The molecule has 46 valence electrons. The lowest BCUT2D eigenvalue weighted by Gasteiger charge is -2.21. The molecule has 1 rings (SSSR count). The van der Waals surface area contributed by atoms with Gasteiger partial charge in [0.15, 0.2) is 0 Å². The average Bonchev–Trinajstić information content (AvgIpc) is 1.99. The summed E-state index contributed by atoms with van der Waals surface area (Å²) in [5.41, 5.74) is 0. The van der Waals surface area contributed by atoms with Gasteiger partial charge in [0.05, 0.1) is 24.1 Å².